The topological polar surface area (TPSA) is 66.0 Å². The second-order valence-corrected chi connectivity index (χ2v) is 5.85. The molecule has 1 aromatic rings. The van der Waals surface area contributed by atoms with E-state index in [0.717, 1.165) is 18.7 Å². The molecular weight excluding hydrogens is 276 g/mol. The van der Waals surface area contributed by atoms with Crippen LogP contribution in [0.3, 0.4) is 0 Å². The van der Waals surface area contributed by atoms with Crippen LogP contribution in [0.4, 0.5) is 0 Å². The molecule has 4 nitrogen and oxygen atoms in total. The summed E-state index contributed by atoms with van der Waals surface area (Å²) < 4.78 is 0. The Morgan fingerprint density at radius 2 is 1.50 bits per heavy atom. The minimum absolute atomic E-state index is 0.344. The Balaban J connectivity index is 0.000000604. The van der Waals surface area contributed by atoms with Gasteiger partial charge in [0.15, 0.2) is 0 Å². The van der Waals surface area contributed by atoms with Crippen LogP contribution in [-0.2, 0) is 4.79 Å². The van der Waals surface area contributed by atoms with Gasteiger partial charge in [-0.1, -0.05) is 71.1 Å². The third kappa shape index (κ3) is 16.7. The van der Waals surface area contributed by atoms with Crippen LogP contribution in [-0.4, -0.2) is 21.0 Å². The largest absolute Gasteiger partial charge is 0.481 e. The normalized spacial score (nSPS) is 10.1. The molecule has 0 aliphatic heterocycles. The summed E-state index contributed by atoms with van der Waals surface area (Å²) in [7, 11) is 0. The number of nitrogens with one attached hydrogen (secondary N) is 1. The molecule has 0 saturated carbocycles. The average Bonchev–Trinajstić information content (AvgIpc) is 2.96. The number of imidazole rings is 1. The maximum Gasteiger partial charge on any atom is 0.303 e. The first-order valence-electron chi connectivity index (χ1n) is 8.84. The molecule has 22 heavy (non-hydrogen) atoms. The molecule has 0 saturated heterocycles. The van der Waals surface area contributed by atoms with Gasteiger partial charge in [0.25, 0.3) is 0 Å². The molecule has 0 aliphatic rings. The third-order valence-corrected chi connectivity index (χ3v) is 3.63. The molecular formula is C18H34N2O2. The van der Waals surface area contributed by atoms with Gasteiger partial charge in [-0.05, 0) is 13.3 Å². The highest BCUT2D eigenvalue weighted by atomic mass is 16.4. The van der Waals surface area contributed by atoms with Crippen LogP contribution in [0.15, 0.2) is 12.4 Å². The Hall–Kier alpha value is -1.32. The van der Waals surface area contributed by atoms with Crippen LogP contribution in [0.2, 0.25) is 0 Å². The number of aromatic nitrogens is 2. The molecule has 0 bridgehead atoms. The molecule has 0 aliphatic carbocycles. The highest BCUT2D eigenvalue weighted by Crippen LogP contribution is 2.11. The summed E-state index contributed by atoms with van der Waals surface area (Å²) in [5.74, 6) is 0.311. The van der Waals surface area contributed by atoms with Gasteiger partial charge in [0.2, 0.25) is 0 Å². The number of hydrogen-bond donors (Lipinski definition) is 2. The lowest BCUT2D eigenvalue weighted by atomic mass is 10.1. The minimum Gasteiger partial charge on any atom is -0.481 e. The molecule has 4 heteroatoms. The second kappa shape index (κ2) is 16.1. The molecule has 0 fully saturated rings. The lowest BCUT2D eigenvalue weighted by Gasteiger charge is -2.01. The molecule has 0 unspecified atom stereocenters. The van der Waals surface area contributed by atoms with Gasteiger partial charge in [0, 0.05) is 18.8 Å². The number of unbranched alkanes of at least 4 members (excludes halogenated alkanes) is 10. The number of carbonyl (C=O) groups is 1. The summed E-state index contributed by atoms with van der Waals surface area (Å²) in [5.41, 5.74) is 0. The smallest absolute Gasteiger partial charge is 0.303 e. The maximum atomic E-state index is 10.3. The van der Waals surface area contributed by atoms with Gasteiger partial charge in [-0.15, -0.1) is 0 Å². The number of rotatable bonds is 12. The van der Waals surface area contributed by atoms with Crippen LogP contribution in [0.1, 0.15) is 89.8 Å². The Labute approximate surface area is 135 Å². The standard InChI is InChI=1S/C14H28O2.C4H6N2/c1-2-3-4-5-6-7-8-9-10-11-12-13-14(15)16;1-4-5-2-3-6-4/h2-13H2,1H3,(H,15,16);2-3H,1H3,(H,5,6). The fourth-order valence-electron chi connectivity index (χ4n) is 2.28. The van der Waals surface area contributed by atoms with Crippen molar-refractivity contribution in [2.24, 2.45) is 0 Å². The number of carboxylic acids is 1. The van der Waals surface area contributed by atoms with E-state index in [1.54, 1.807) is 12.4 Å². The minimum atomic E-state index is -0.657. The van der Waals surface area contributed by atoms with Crippen molar-refractivity contribution in [1.82, 2.24) is 9.97 Å². The molecule has 0 atom stereocenters. The van der Waals surface area contributed by atoms with Crippen molar-refractivity contribution in [3.8, 4) is 0 Å². The van der Waals surface area contributed by atoms with Crippen LogP contribution in [0.25, 0.3) is 0 Å². The number of aryl methyl sites for hydroxylation is 1. The van der Waals surface area contributed by atoms with Crippen LogP contribution >= 0.6 is 0 Å². The quantitative estimate of drug-likeness (QED) is 0.502. The number of carboxylic acid groups (broad SMARTS) is 1. The van der Waals surface area contributed by atoms with E-state index in [9.17, 15) is 4.79 Å². The maximum absolute atomic E-state index is 10.3. The van der Waals surface area contributed by atoms with E-state index in [1.165, 1.54) is 57.8 Å². The summed E-state index contributed by atoms with van der Waals surface area (Å²) in [6.07, 6.45) is 17.9. The van der Waals surface area contributed by atoms with Crippen LogP contribution in [0, 0.1) is 6.92 Å². The summed E-state index contributed by atoms with van der Waals surface area (Å²) in [6, 6.07) is 0. The molecule has 2 N–H and O–H groups in total. The van der Waals surface area contributed by atoms with Crippen molar-refractivity contribution >= 4 is 5.97 Å². The van der Waals surface area contributed by atoms with Gasteiger partial charge in [0.1, 0.15) is 5.82 Å². The van der Waals surface area contributed by atoms with E-state index < -0.39 is 5.97 Å². The average molecular weight is 310 g/mol. The first kappa shape index (κ1) is 20.7. The van der Waals surface area contributed by atoms with Crippen molar-refractivity contribution in [2.75, 3.05) is 0 Å². The van der Waals surface area contributed by atoms with E-state index in [0.29, 0.717) is 6.42 Å². The van der Waals surface area contributed by atoms with E-state index in [2.05, 4.69) is 16.9 Å². The lowest BCUT2D eigenvalue weighted by Crippen LogP contribution is -1.93. The SMILES string of the molecule is CCCCCCCCCCCCCC(=O)O.Cc1ncc[nH]1. The van der Waals surface area contributed by atoms with Gasteiger partial charge in [-0.3, -0.25) is 4.79 Å². The third-order valence-electron chi connectivity index (χ3n) is 3.63. The number of hydrogen-bond acceptors (Lipinski definition) is 2. The first-order valence-corrected chi connectivity index (χ1v) is 8.84. The van der Waals surface area contributed by atoms with Crippen LogP contribution < -0.4 is 0 Å². The predicted molar refractivity (Wildman–Crippen MR) is 92.0 cm³/mol. The molecule has 1 rings (SSSR count). The molecule has 0 aromatic carbocycles. The van der Waals surface area contributed by atoms with Crippen molar-refractivity contribution < 1.29 is 9.90 Å². The Bertz CT molecular complexity index is 337. The fourth-order valence-corrected chi connectivity index (χ4v) is 2.28. The number of aliphatic carboxylic acids is 1. The molecule has 1 heterocycles. The van der Waals surface area contributed by atoms with Gasteiger partial charge in [-0.2, -0.15) is 0 Å². The molecule has 0 radical (unpaired) electrons. The Morgan fingerprint density at radius 1 is 1.00 bits per heavy atom. The molecule has 0 amide bonds. The zero-order valence-electron chi connectivity index (χ0n) is 14.4. The molecule has 1 aromatic heterocycles. The first-order chi connectivity index (χ1) is 10.7. The molecule has 128 valence electrons. The zero-order chi connectivity index (χ0) is 16.5. The van der Waals surface area contributed by atoms with Crippen molar-refractivity contribution in [3.63, 3.8) is 0 Å². The molecule has 0 spiro atoms. The zero-order valence-corrected chi connectivity index (χ0v) is 14.4. The Morgan fingerprint density at radius 3 is 1.82 bits per heavy atom. The van der Waals surface area contributed by atoms with E-state index in [1.807, 2.05) is 6.92 Å². The van der Waals surface area contributed by atoms with Gasteiger partial charge in [-0.25, -0.2) is 4.98 Å². The van der Waals surface area contributed by atoms with Crippen LogP contribution in [0.5, 0.6) is 0 Å². The highest BCUT2D eigenvalue weighted by Gasteiger charge is 1.96. The number of H-pyrrole nitrogens is 1. The summed E-state index contributed by atoms with van der Waals surface area (Å²) >= 11 is 0. The number of nitrogens with zero attached hydrogens (tertiary/aromatic N) is 1. The van der Waals surface area contributed by atoms with Crippen molar-refractivity contribution in [3.05, 3.63) is 18.2 Å². The fraction of sp³-hybridized carbons (Fsp3) is 0.778. The highest BCUT2D eigenvalue weighted by molar-refractivity contribution is 5.66. The second-order valence-electron chi connectivity index (χ2n) is 5.85. The number of aromatic amines is 1. The van der Waals surface area contributed by atoms with Crippen molar-refractivity contribution in [1.29, 1.82) is 0 Å². The predicted octanol–water partition coefficient (Wildman–Crippen LogP) is 5.49. The summed E-state index contributed by atoms with van der Waals surface area (Å²) in [5, 5.41) is 8.46. The monoisotopic (exact) mass is 310 g/mol. The van der Waals surface area contributed by atoms with E-state index in [-0.39, 0.29) is 0 Å². The van der Waals surface area contributed by atoms with Gasteiger partial charge < -0.3 is 10.1 Å². The van der Waals surface area contributed by atoms with Gasteiger partial charge >= 0.3 is 5.97 Å². The van der Waals surface area contributed by atoms with Gasteiger partial charge in [0.05, 0.1) is 0 Å². The van der Waals surface area contributed by atoms with Crippen molar-refractivity contribution in [2.45, 2.75) is 90.9 Å². The van der Waals surface area contributed by atoms with E-state index >= 15 is 0 Å². The Kier molecular flexibility index (Phi) is 15.1. The lowest BCUT2D eigenvalue weighted by molar-refractivity contribution is -0.137. The summed E-state index contributed by atoms with van der Waals surface area (Å²) in [6.45, 7) is 4.16. The summed E-state index contributed by atoms with van der Waals surface area (Å²) in [4.78, 5) is 17.0. The van der Waals surface area contributed by atoms with E-state index in [4.69, 9.17) is 5.11 Å².